The van der Waals surface area contributed by atoms with Crippen LogP contribution in [0, 0.1) is 16.0 Å². The van der Waals surface area contributed by atoms with E-state index in [1.54, 1.807) is 24.3 Å². The maximum absolute atomic E-state index is 12.7. The molecule has 2 aliphatic rings. The number of pyridine rings is 1. The summed E-state index contributed by atoms with van der Waals surface area (Å²) in [6.45, 7) is 0.936. The lowest BCUT2D eigenvalue weighted by atomic mass is 9.96. The number of nitrogens with zero attached hydrogens (tertiary/aromatic N) is 3. The van der Waals surface area contributed by atoms with Crippen molar-refractivity contribution in [2.45, 2.75) is 31.7 Å². The molecule has 31 heavy (non-hydrogen) atoms. The molecule has 2 N–H and O–H groups in total. The van der Waals surface area contributed by atoms with Crippen LogP contribution in [0.4, 0.5) is 17.2 Å². The van der Waals surface area contributed by atoms with Crippen LogP contribution in [-0.4, -0.2) is 40.9 Å². The summed E-state index contributed by atoms with van der Waals surface area (Å²) in [6, 6.07) is 7.94. The summed E-state index contributed by atoms with van der Waals surface area (Å²) >= 11 is 5.82. The molecule has 1 aromatic carbocycles. The van der Waals surface area contributed by atoms with Crippen LogP contribution in [0.3, 0.4) is 0 Å². The maximum Gasteiger partial charge on any atom is 0.293 e. The van der Waals surface area contributed by atoms with Crippen molar-refractivity contribution in [3.05, 3.63) is 57.2 Å². The molecule has 2 amide bonds. The highest BCUT2D eigenvalue weighted by Crippen LogP contribution is 2.33. The lowest BCUT2D eigenvalue weighted by molar-refractivity contribution is -0.384. The van der Waals surface area contributed by atoms with Crippen LogP contribution in [0.15, 0.2) is 36.5 Å². The second-order valence-electron chi connectivity index (χ2n) is 7.84. The number of nitro benzene ring substituents is 1. The van der Waals surface area contributed by atoms with E-state index in [4.69, 9.17) is 11.6 Å². The van der Waals surface area contributed by atoms with E-state index in [0.717, 1.165) is 12.8 Å². The summed E-state index contributed by atoms with van der Waals surface area (Å²) in [4.78, 5) is 42.1. The quantitative estimate of drug-likeness (QED) is 0.522. The van der Waals surface area contributed by atoms with Crippen LogP contribution < -0.4 is 15.5 Å². The molecular weight excluding hydrogens is 422 g/mol. The van der Waals surface area contributed by atoms with Gasteiger partial charge in [-0.2, -0.15) is 0 Å². The number of halogens is 1. The van der Waals surface area contributed by atoms with Gasteiger partial charge in [0.2, 0.25) is 5.91 Å². The fourth-order valence-electron chi connectivity index (χ4n) is 3.66. The van der Waals surface area contributed by atoms with Crippen LogP contribution in [0.2, 0.25) is 5.02 Å². The zero-order valence-corrected chi connectivity index (χ0v) is 17.5. The smallest absolute Gasteiger partial charge is 0.293 e. The average molecular weight is 444 g/mol. The van der Waals surface area contributed by atoms with Crippen LogP contribution >= 0.6 is 11.6 Å². The molecule has 2 heterocycles. The van der Waals surface area contributed by atoms with E-state index in [-0.39, 0.29) is 35.0 Å². The molecule has 1 saturated carbocycles. The third kappa shape index (κ3) is 5.11. The normalized spacial score (nSPS) is 18.4. The number of carbonyl (C=O) groups is 2. The second-order valence-corrected chi connectivity index (χ2v) is 8.28. The zero-order valence-electron chi connectivity index (χ0n) is 16.7. The molecule has 0 spiro atoms. The Morgan fingerprint density at radius 3 is 2.68 bits per heavy atom. The third-order valence-corrected chi connectivity index (χ3v) is 5.68. The van der Waals surface area contributed by atoms with Gasteiger partial charge < -0.3 is 15.5 Å². The first kappa shape index (κ1) is 21.0. The fraction of sp³-hybridized carbons (Fsp3) is 0.381. The Kier molecular flexibility index (Phi) is 6.03. The van der Waals surface area contributed by atoms with Crippen molar-refractivity contribution in [3.8, 4) is 0 Å². The van der Waals surface area contributed by atoms with Gasteiger partial charge in [0.05, 0.1) is 15.9 Å². The van der Waals surface area contributed by atoms with Gasteiger partial charge in [0, 0.05) is 37.0 Å². The van der Waals surface area contributed by atoms with Crippen molar-refractivity contribution in [2.24, 2.45) is 5.92 Å². The Labute approximate surface area is 183 Å². The number of hydrogen-bond acceptors (Lipinski definition) is 6. The van der Waals surface area contributed by atoms with Crippen molar-refractivity contribution in [3.63, 3.8) is 0 Å². The van der Waals surface area contributed by atoms with Crippen molar-refractivity contribution in [1.82, 2.24) is 10.3 Å². The Bertz CT molecular complexity index is 1010. The summed E-state index contributed by atoms with van der Waals surface area (Å²) in [6.07, 6.45) is 4.72. The first-order valence-electron chi connectivity index (χ1n) is 10.2. The minimum atomic E-state index is -0.482. The van der Waals surface area contributed by atoms with Crippen molar-refractivity contribution in [2.75, 3.05) is 23.3 Å². The molecule has 1 aliphatic carbocycles. The average Bonchev–Trinajstić information content (AvgIpc) is 3.59. The number of benzene rings is 1. The minimum absolute atomic E-state index is 0.135. The van der Waals surface area contributed by atoms with Crippen LogP contribution in [-0.2, 0) is 4.79 Å². The van der Waals surface area contributed by atoms with Gasteiger partial charge in [-0.25, -0.2) is 4.98 Å². The zero-order chi connectivity index (χ0) is 22.0. The van der Waals surface area contributed by atoms with Gasteiger partial charge in [-0.15, -0.1) is 0 Å². The number of amides is 2. The predicted octanol–water partition coefficient (Wildman–Crippen LogP) is 3.39. The van der Waals surface area contributed by atoms with Crippen molar-refractivity contribution in [1.29, 1.82) is 0 Å². The number of piperidine rings is 1. The molecule has 1 aliphatic heterocycles. The van der Waals surface area contributed by atoms with E-state index < -0.39 is 4.92 Å². The largest absolute Gasteiger partial charge is 0.365 e. The summed E-state index contributed by atoms with van der Waals surface area (Å²) in [5.74, 6) is -0.432. The van der Waals surface area contributed by atoms with E-state index in [2.05, 4.69) is 15.6 Å². The monoisotopic (exact) mass is 443 g/mol. The molecular formula is C21H22ClN5O4. The number of nitro groups is 1. The highest BCUT2D eigenvalue weighted by molar-refractivity contribution is 6.30. The van der Waals surface area contributed by atoms with Gasteiger partial charge in [0.15, 0.2) is 0 Å². The molecule has 4 rings (SSSR count). The van der Waals surface area contributed by atoms with Crippen LogP contribution in [0.25, 0.3) is 0 Å². The van der Waals surface area contributed by atoms with Crippen LogP contribution in [0.5, 0.6) is 0 Å². The number of nitrogens with one attached hydrogen (secondary N) is 2. The molecule has 2 fully saturated rings. The van der Waals surface area contributed by atoms with E-state index in [9.17, 15) is 19.7 Å². The predicted molar refractivity (Wildman–Crippen MR) is 116 cm³/mol. The number of carbonyl (C=O) groups excluding carboxylic acids is 2. The SMILES string of the molecule is O=C(NC1CC1)c1ccc(N2CCCC(C(=O)Nc3ccc(Cl)cn3)C2)c([N+](=O)[O-])c1. The second kappa shape index (κ2) is 8.89. The van der Waals surface area contributed by atoms with Crippen LogP contribution in [0.1, 0.15) is 36.0 Å². The first-order valence-corrected chi connectivity index (χ1v) is 10.5. The molecule has 1 aromatic heterocycles. The topological polar surface area (TPSA) is 117 Å². The van der Waals surface area contributed by atoms with Gasteiger partial charge >= 0.3 is 0 Å². The molecule has 2 aromatic rings. The summed E-state index contributed by atoms with van der Waals surface area (Å²) in [5, 5.41) is 17.8. The molecule has 162 valence electrons. The van der Waals surface area contributed by atoms with E-state index in [0.29, 0.717) is 42.5 Å². The summed E-state index contributed by atoms with van der Waals surface area (Å²) < 4.78 is 0. The lowest BCUT2D eigenvalue weighted by Gasteiger charge is -2.33. The Morgan fingerprint density at radius 2 is 2.00 bits per heavy atom. The number of hydrogen-bond donors (Lipinski definition) is 2. The Hall–Kier alpha value is -3.20. The van der Waals surface area contributed by atoms with E-state index in [1.807, 2.05) is 4.90 Å². The third-order valence-electron chi connectivity index (χ3n) is 5.46. The molecule has 9 nitrogen and oxygen atoms in total. The fourth-order valence-corrected chi connectivity index (χ4v) is 3.77. The van der Waals surface area contributed by atoms with Gasteiger partial charge in [-0.05, 0) is 49.9 Å². The van der Waals surface area contributed by atoms with E-state index in [1.165, 1.54) is 12.3 Å². The van der Waals surface area contributed by atoms with E-state index >= 15 is 0 Å². The van der Waals surface area contributed by atoms with Gasteiger partial charge in [-0.3, -0.25) is 19.7 Å². The Morgan fingerprint density at radius 1 is 1.19 bits per heavy atom. The number of aromatic nitrogens is 1. The first-order chi connectivity index (χ1) is 14.9. The number of rotatable bonds is 6. The molecule has 0 bridgehead atoms. The van der Waals surface area contributed by atoms with Crippen molar-refractivity contribution < 1.29 is 14.5 Å². The highest BCUT2D eigenvalue weighted by atomic mass is 35.5. The van der Waals surface area contributed by atoms with Gasteiger partial charge in [0.1, 0.15) is 11.5 Å². The summed E-state index contributed by atoms with van der Waals surface area (Å²) in [5.41, 5.74) is 0.543. The molecule has 0 radical (unpaired) electrons. The standard InChI is InChI=1S/C21H22ClN5O4/c22-15-4-8-19(23-11-15)25-21(29)14-2-1-9-26(12-14)17-7-3-13(10-18(17)27(30)31)20(28)24-16-5-6-16/h3-4,7-8,10-11,14,16H,1-2,5-6,9,12H2,(H,24,28)(H,23,25,29). The van der Waals surface area contributed by atoms with Crippen molar-refractivity contribution >= 4 is 40.6 Å². The minimum Gasteiger partial charge on any atom is -0.365 e. The molecule has 10 heteroatoms. The maximum atomic E-state index is 12.7. The lowest BCUT2D eigenvalue weighted by Crippen LogP contribution is -2.41. The summed E-state index contributed by atoms with van der Waals surface area (Å²) in [7, 11) is 0. The molecule has 1 unspecified atom stereocenters. The molecule has 1 saturated heterocycles. The Balaban J connectivity index is 1.48. The van der Waals surface area contributed by atoms with Gasteiger partial charge in [0.25, 0.3) is 11.6 Å². The number of anilines is 2. The van der Waals surface area contributed by atoms with Gasteiger partial charge in [-0.1, -0.05) is 11.6 Å². The molecule has 1 atom stereocenters. The highest BCUT2D eigenvalue weighted by Gasteiger charge is 2.31.